The Morgan fingerprint density at radius 1 is 1.02 bits per heavy atom. The first-order valence-corrected chi connectivity index (χ1v) is 16.8. The van der Waals surface area contributed by atoms with E-state index in [1.807, 2.05) is 6.07 Å². The van der Waals surface area contributed by atoms with E-state index in [-0.39, 0.29) is 22.5 Å². The molecule has 1 heterocycles. The maximum atomic E-state index is 13.6. The Kier molecular flexibility index (Phi) is 7.66. The van der Waals surface area contributed by atoms with Crippen molar-refractivity contribution in [3.63, 3.8) is 0 Å². The van der Waals surface area contributed by atoms with Crippen LogP contribution in [0.2, 0.25) is 0 Å². The highest BCUT2D eigenvalue weighted by atomic mass is 127. The molecule has 0 aromatic heterocycles. The number of fused-ring (bicyclic) bond motifs is 1. The average molecular weight is 792 g/mol. The molecule has 12 heteroatoms. The van der Waals surface area contributed by atoms with Crippen molar-refractivity contribution in [2.24, 2.45) is 23.7 Å². The topological polar surface area (TPSA) is 133 Å². The normalized spacial score (nSPS) is 29.3. The summed E-state index contributed by atoms with van der Waals surface area (Å²) in [6, 6.07) is 9.43. The summed E-state index contributed by atoms with van der Waals surface area (Å²) in [5.74, 6) is -3.84. The molecule has 2 bridgehead atoms. The van der Waals surface area contributed by atoms with E-state index >= 15 is 0 Å². The zero-order valence-electron chi connectivity index (χ0n) is 21.1. The van der Waals surface area contributed by atoms with Crippen molar-refractivity contribution < 1.29 is 41.6 Å². The second kappa shape index (κ2) is 10.8. The predicted molar refractivity (Wildman–Crippen MR) is 157 cm³/mol. The molecule has 2 aromatic rings. The molecule has 3 aliphatic carbocycles. The number of hydrogen-bond acceptors (Lipinski definition) is 8. The van der Waals surface area contributed by atoms with Crippen LogP contribution < -0.4 is 4.74 Å². The summed E-state index contributed by atoms with van der Waals surface area (Å²) in [6.07, 6.45) is 3.62. The molecular weight excluding hydrogens is 766 g/mol. The van der Waals surface area contributed by atoms with Gasteiger partial charge in [-0.3, -0.25) is 14.1 Å². The molecule has 0 spiro atoms. The third-order valence-electron chi connectivity index (χ3n) is 8.76. The van der Waals surface area contributed by atoms with E-state index in [1.165, 1.54) is 18.2 Å². The van der Waals surface area contributed by atoms with Gasteiger partial charge in [0.15, 0.2) is 0 Å². The van der Waals surface area contributed by atoms with Gasteiger partial charge in [0, 0.05) is 19.0 Å². The van der Waals surface area contributed by atoms with Crippen molar-refractivity contribution in [2.75, 3.05) is 0 Å². The molecule has 6 unspecified atom stereocenters. The third-order valence-corrected chi connectivity index (χ3v) is 12.8. The van der Waals surface area contributed by atoms with Crippen LogP contribution in [-0.2, 0) is 29.2 Å². The van der Waals surface area contributed by atoms with Gasteiger partial charge in [0.2, 0.25) is 0 Å². The van der Waals surface area contributed by atoms with Crippen molar-refractivity contribution in [2.45, 2.75) is 61.5 Å². The van der Waals surface area contributed by atoms with E-state index < -0.39 is 58.0 Å². The molecule has 4 fully saturated rings. The predicted octanol–water partition coefficient (Wildman–Crippen LogP) is 5.13. The second-order valence-corrected chi connectivity index (χ2v) is 14.5. The van der Waals surface area contributed by atoms with Crippen LogP contribution in [0.5, 0.6) is 5.75 Å². The first-order chi connectivity index (χ1) is 19.0. The molecule has 1 saturated heterocycles. The maximum absolute atomic E-state index is 13.6. The summed E-state index contributed by atoms with van der Waals surface area (Å²) in [4.78, 5) is 39.3. The summed E-state index contributed by atoms with van der Waals surface area (Å²) >= 11 is 4.23. The number of carbonyl (C=O) groups excluding carboxylic acids is 3. The molecule has 6 rings (SSSR count). The maximum Gasteiger partial charge on any atom is 0.339 e. The highest BCUT2D eigenvalue weighted by Gasteiger charge is 2.70. The second-order valence-electron chi connectivity index (χ2n) is 10.9. The van der Waals surface area contributed by atoms with Gasteiger partial charge < -0.3 is 14.2 Å². The minimum atomic E-state index is -4.46. The standard InChI is InChI=1S/C28H26I2O9S/c29-19-8-4-7-15(23(19)30)26(31)38-24-17-12-18-22(28(33)39-25(18)24)21(17)27(32)37-14-9-10-20(40(34,35)36)16(11-14)13-5-2-1-3-6-13/h4,7-11,13,17-18,21-22,24-25H,1-3,5-6,12H2,(H,34,35,36). The van der Waals surface area contributed by atoms with E-state index in [0.29, 0.717) is 17.5 Å². The monoisotopic (exact) mass is 792 g/mol. The van der Waals surface area contributed by atoms with Crippen molar-refractivity contribution in [3.05, 3.63) is 54.7 Å². The molecule has 0 amide bonds. The van der Waals surface area contributed by atoms with Gasteiger partial charge in [-0.25, -0.2) is 4.79 Å². The number of rotatable bonds is 6. The van der Waals surface area contributed by atoms with Crippen molar-refractivity contribution in [1.29, 1.82) is 0 Å². The van der Waals surface area contributed by atoms with Gasteiger partial charge in [0.1, 0.15) is 18.0 Å². The summed E-state index contributed by atoms with van der Waals surface area (Å²) in [5, 5.41) is 0. The first kappa shape index (κ1) is 28.3. The van der Waals surface area contributed by atoms with Crippen molar-refractivity contribution in [1.82, 2.24) is 0 Å². The molecule has 2 aromatic carbocycles. The quantitative estimate of drug-likeness (QED) is 0.183. The Balaban J connectivity index is 1.25. The largest absolute Gasteiger partial charge is 0.458 e. The number of carbonyl (C=O) groups is 3. The van der Waals surface area contributed by atoms with Crippen LogP contribution >= 0.6 is 45.2 Å². The van der Waals surface area contributed by atoms with E-state index in [2.05, 4.69) is 45.2 Å². The zero-order valence-corrected chi connectivity index (χ0v) is 26.3. The van der Waals surface area contributed by atoms with Gasteiger partial charge in [0.25, 0.3) is 10.1 Å². The molecule has 6 atom stereocenters. The fourth-order valence-corrected chi connectivity index (χ4v) is 8.90. The number of halogens is 2. The van der Waals surface area contributed by atoms with Crippen molar-refractivity contribution in [3.8, 4) is 5.75 Å². The summed E-state index contributed by atoms with van der Waals surface area (Å²) in [6.45, 7) is 0. The SMILES string of the molecule is O=C(OC1C2CC3C1OC(=O)C3C2C(=O)Oc1ccc(S(=O)(=O)O)c(C2CCCCC2)c1)c1cccc(I)c1I. The Morgan fingerprint density at radius 3 is 2.50 bits per heavy atom. The van der Waals surface area contributed by atoms with E-state index in [1.54, 1.807) is 12.1 Å². The Labute approximate surface area is 258 Å². The molecule has 9 nitrogen and oxygen atoms in total. The minimum absolute atomic E-state index is 0.0787. The molecular formula is C28H26I2O9S. The van der Waals surface area contributed by atoms with Crippen LogP contribution in [0.15, 0.2) is 41.3 Å². The van der Waals surface area contributed by atoms with Gasteiger partial charge in [-0.2, -0.15) is 8.42 Å². The lowest BCUT2D eigenvalue weighted by Gasteiger charge is -2.30. The number of ether oxygens (including phenoxy) is 3. The average Bonchev–Trinajstić information content (AvgIpc) is 3.54. The Hall–Kier alpha value is -1.78. The van der Waals surface area contributed by atoms with Crippen LogP contribution in [-0.4, -0.2) is 43.1 Å². The van der Waals surface area contributed by atoms with Gasteiger partial charge in [-0.05, 0) is 106 Å². The first-order valence-electron chi connectivity index (χ1n) is 13.2. The zero-order chi connectivity index (χ0) is 28.3. The molecule has 0 radical (unpaired) electrons. The van der Waals surface area contributed by atoms with Crippen LogP contribution in [0.25, 0.3) is 0 Å². The van der Waals surface area contributed by atoms with E-state index in [0.717, 1.165) is 39.2 Å². The summed E-state index contributed by atoms with van der Waals surface area (Å²) in [7, 11) is -4.46. The third kappa shape index (κ3) is 4.96. The lowest BCUT2D eigenvalue weighted by atomic mass is 9.78. The molecule has 3 saturated carbocycles. The summed E-state index contributed by atoms with van der Waals surface area (Å²) in [5.41, 5.74) is 0.837. The smallest absolute Gasteiger partial charge is 0.339 e. The highest BCUT2D eigenvalue weighted by molar-refractivity contribution is 14.1. The van der Waals surface area contributed by atoms with E-state index in [9.17, 15) is 27.4 Å². The highest BCUT2D eigenvalue weighted by Crippen LogP contribution is 2.59. The molecule has 40 heavy (non-hydrogen) atoms. The Morgan fingerprint density at radius 2 is 1.77 bits per heavy atom. The molecule has 1 aliphatic heterocycles. The van der Waals surface area contributed by atoms with Crippen molar-refractivity contribution >= 4 is 73.2 Å². The molecule has 1 N–H and O–H groups in total. The lowest BCUT2D eigenvalue weighted by molar-refractivity contribution is -0.149. The van der Waals surface area contributed by atoms with Gasteiger partial charge in [-0.15, -0.1) is 0 Å². The van der Waals surface area contributed by atoms with Crippen LogP contribution in [0.4, 0.5) is 0 Å². The van der Waals surface area contributed by atoms with E-state index in [4.69, 9.17) is 14.2 Å². The molecule has 4 aliphatic rings. The summed E-state index contributed by atoms with van der Waals surface area (Å²) < 4.78 is 52.9. The number of benzene rings is 2. The Bertz CT molecular complexity index is 1500. The number of esters is 3. The minimum Gasteiger partial charge on any atom is -0.458 e. The fraction of sp³-hybridized carbons (Fsp3) is 0.464. The van der Waals surface area contributed by atoms with Crippen LogP contribution in [0, 0.1) is 30.8 Å². The van der Waals surface area contributed by atoms with Gasteiger partial charge >= 0.3 is 17.9 Å². The van der Waals surface area contributed by atoms with Gasteiger partial charge in [-0.1, -0.05) is 25.3 Å². The number of hydrogen-bond donors (Lipinski definition) is 1. The van der Waals surface area contributed by atoms with Crippen LogP contribution in [0.3, 0.4) is 0 Å². The molecule has 212 valence electrons. The van der Waals surface area contributed by atoms with Crippen LogP contribution in [0.1, 0.15) is 60.4 Å². The van der Waals surface area contributed by atoms with Gasteiger partial charge in [0.05, 0.1) is 22.3 Å². The lowest BCUT2D eigenvalue weighted by Crippen LogP contribution is -2.44. The fourth-order valence-electron chi connectivity index (χ4n) is 7.06.